The molecule has 3 N–H and O–H groups in total. The van der Waals surface area contributed by atoms with Gasteiger partial charge < -0.3 is 33.8 Å². The van der Waals surface area contributed by atoms with Crippen molar-refractivity contribution in [1.29, 1.82) is 0 Å². The van der Waals surface area contributed by atoms with Crippen LogP contribution in [0.15, 0.2) is 0 Å². The number of aliphatic hydroxyl groups excluding tert-OH is 1. The first-order chi connectivity index (χ1) is 41.9. The van der Waals surface area contributed by atoms with Crippen LogP contribution in [-0.2, 0) is 65.4 Å². The molecule has 0 amide bonds. The maximum atomic E-state index is 13.0. The molecule has 0 bridgehead atoms. The second-order valence-electron chi connectivity index (χ2n) is 25.3. The van der Waals surface area contributed by atoms with Gasteiger partial charge in [0.1, 0.15) is 19.3 Å². The summed E-state index contributed by atoms with van der Waals surface area (Å²) >= 11 is 0. The number of unbranched alkanes of at least 4 members (excludes halogenated alkanes) is 36. The number of esters is 4. The minimum atomic E-state index is -4.95. The van der Waals surface area contributed by atoms with Crippen LogP contribution in [0.2, 0.25) is 0 Å². The predicted octanol–water partition coefficient (Wildman–Crippen LogP) is 19.2. The van der Waals surface area contributed by atoms with Crippen molar-refractivity contribution in [3.63, 3.8) is 0 Å². The molecular formula is C68H132O17P2. The van der Waals surface area contributed by atoms with Crippen LogP contribution in [0, 0.1) is 11.8 Å². The quantitative estimate of drug-likeness (QED) is 0.0222. The summed E-state index contributed by atoms with van der Waals surface area (Å²) in [4.78, 5) is 72.4. The SMILES string of the molecule is CCCCCCCCCCCCCCCCCCC(=O)O[C@H](COC(=O)CCCCCCCCCCC(C)CC)COP(=O)(O)OC[C@@H](O)COP(=O)(O)OC[C@@H](COC(=O)CCCCCCCCCCC)OC(=O)CCCCCCCCCC(C)C. The Bertz CT molecular complexity index is 1700. The Balaban J connectivity index is 5.23. The summed E-state index contributed by atoms with van der Waals surface area (Å²) in [6, 6.07) is 0. The topological polar surface area (TPSA) is 237 Å². The fourth-order valence-electron chi connectivity index (χ4n) is 10.2. The molecule has 0 fully saturated rings. The van der Waals surface area contributed by atoms with Crippen molar-refractivity contribution in [1.82, 2.24) is 0 Å². The van der Waals surface area contributed by atoms with Gasteiger partial charge >= 0.3 is 39.5 Å². The Kier molecular flexibility index (Phi) is 59.0. The normalized spacial score (nSPS) is 14.5. The summed E-state index contributed by atoms with van der Waals surface area (Å²) in [5.74, 6) is -0.656. The first kappa shape index (κ1) is 85.1. The highest BCUT2D eigenvalue weighted by Crippen LogP contribution is 2.45. The van der Waals surface area contributed by atoms with Crippen LogP contribution in [0.5, 0.6) is 0 Å². The second-order valence-corrected chi connectivity index (χ2v) is 28.2. The molecule has 0 saturated carbocycles. The van der Waals surface area contributed by atoms with Crippen molar-refractivity contribution in [2.24, 2.45) is 11.8 Å². The third-order valence-electron chi connectivity index (χ3n) is 16.1. The lowest BCUT2D eigenvalue weighted by atomic mass is 9.99. The third kappa shape index (κ3) is 61.3. The maximum absolute atomic E-state index is 13.0. The smallest absolute Gasteiger partial charge is 0.462 e. The number of phosphoric ester groups is 2. The molecule has 0 aliphatic carbocycles. The Morgan fingerprint density at radius 1 is 0.333 bits per heavy atom. The van der Waals surface area contributed by atoms with Crippen LogP contribution in [-0.4, -0.2) is 96.7 Å². The number of hydrogen-bond acceptors (Lipinski definition) is 15. The standard InChI is InChI=1S/C68H132O17P2/c1-7-10-12-14-16-18-19-20-21-22-23-24-26-34-40-46-52-67(72)84-63(56-79-66(71)51-45-39-33-28-27-31-37-43-49-61(6)9-3)58-82-86(74,75)80-54-62(69)55-81-87(76,77)83-59-64(57-78-65(70)50-44-38-32-25-17-15-13-11-8-2)85-68(73)53-47-41-35-29-30-36-42-48-60(4)5/h60-64,69H,7-59H2,1-6H3,(H,74,75)(H,76,77)/t61?,62-,63-,64-/m1/s1. The largest absolute Gasteiger partial charge is 0.472 e. The molecule has 3 unspecified atom stereocenters. The van der Waals surface area contributed by atoms with Gasteiger partial charge in [-0.15, -0.1) is 0 Å². The van der Waals surface area contributed by atoms with Crippen molar-refractivity contribution in [3.8, 4) is 0 Å². The van der Waals surface area contributed by atoms with E-state index in [1.807, 2.05) is 0 Å². The molecule has 0 aliphatic heterocycles. The average molecular weight is 1280 g/mol. The van der Waals surface area contributed by atoms with Gasteiger partial charge in [0.15, 0.2) is 12.2 Å². The maximum Gasteiger partial charge on any atom is 0.472 e. The highest BCUT2D eigenvalue weighted by molar-refractivity contribution is 7.47. The number of rotatable bonds is 67. The summed E-state index contributed by atoms with van der Waals surface area (Å²) < 4.78 is 68.1. The molecule has 6 atom stereocenters. The molecule has 17 nitrogen and oxygen atoms in total. The van der Waals surface area contributed by atoms with Gasteiger partial charge in [0.05, 0.1) is 26.4 Å². The summed E-state index contributed by atoms with van der Waals surface area (Å²) in [5.41, 5.74) is 0. The van der Waals surface area contributed by atoms with E-state index in [2.05, 4.69) is 41.5 Å². The first-order valence-electron chi connectivity index (χ1n) is 35.5. The second kappa shape index (κ2) is 60.3. The van der Waals surface area contributed by atoms with Crippen LogP contribution < -0.4 is 0 Å². The number of hydrogen-bond donors (Lipinski definition) is 3. The van der Waals surface area contributed by atoms with Crippen molar-refractivity contribution < 1.29 is 80.2 Å². The van der Waals surface area contributed by atoms with Crippen LogP contribution in [0.3, 0.4) is 0 Å². The van der Waals surface area contributed by atoms with Gasteiger partial charge in [0, 0.05) is 25.7 Å². The van der Waals surface area contributed by atoms with Crippen molar-refractivity contribution in [2.45, 2.75) is 362 Å². The summed E-state index contributed by atoms with van der Waals surface area (Å²) in [6.07, 6.45) is 44.5. The van der Waals surface area contributed by atoms with E-state index in [-0.39, 0.29) is 25.7 Å². The summed E-state index contributed by atoms with van der Waals surface area (Å²) in [5, 5.41) is 10.6. The molecule has 19 heteroatoms. The molecule has 0 saturated heterocycles. The fourth-order valence-corrected chi connectivity index (χ4v) is 11.8. The highest BCUT2D eigenvalue weighted by Gasteiger charge is 2.30. The zero-order valence-electron chi connectivity index (χ0n) is 56.3. The van der Waals surface area contributed by atoms with Gasteiger partial charge in [-0.05, 0) is 37.5 Å². The number of carbonyl (C=O) groups is 4. The zero-order chi connectivity index (χ0) is 64.3. The Morgan fingerprint density at radius 3 is 0.874 bits per heavy atom. The molecule has 0 aromatic carbocycles. The number of ether oxygens (including phenoxy) is 4. The van der Waals surface area contributed by atoms with Crippen LogP contribution in [0.25, 0.3) is 0 Å². The van der Waals surface area contributed by atoms with Crippen molar-refractivity contribution in [3.05, 3.63) is 0 Å². The monoisotopic (exact) mass is 1280 g/mol. The summed E-state index contributed by atoms with van der Waals surface area (Å²) in [6.45, 7) is 9.46. The van der Waals surface area contributed by atoms with E-state index in [9.17, 15) is 43.2 Å². The lowest BCUT2D eigenvalue weighted by Crippen LogP contribution is -2.30. The Morgan fingerprint density at radius 2 is 0.586 bits per heavy atom. The van der Waals surface area contributed by atoms with E-state index >= 15 is 0 Å². The van der Waals surface area contributed by atoms with Crippen molar-refractivity contribution in [2.75, 3.05) is 39.6 Å². The number of aliphatic hydroxyl groups is 1. The molecule has 0 aromatic rings. The van der Waals surface area contributed by atoms with E-state index in [1.54, 1.807) is 0 Å². The van der Waals surface area contributed by atoms with Gasteiger partial charge in [-0.2, -0.15) is 0 Å². The van der Waals surface area contributed by atoms with E-state index in [0.29, 0.717) is 31.6 Å². The minimum absolute atomic E-state index is 0.103. The summed E-state index contributed by atoms with van der Waals surface area (Å²) in [7, 11) is -9.89. The molecule has 0 aliphatic rings. The van der Waals surface area contributed by atoms with E-state index in [4.69, 9.17) is 37.0 Å². The average Bonchev–Trinajstić information content (AvgIpc) is 3.56. The van der Waals surface area contributed by atoms with E-state index in [0.717, 1.165) is 95.8 Å². The first-order valence-corrected chi connectivity index (χ1v) is 38.5. The van der Waals surface area contributed by atoms with Gasteiger partial charge in [0.25, 0.3) is 0 Å². The molecular weight excluding hydrogens is 1150 g/mol. The fraction of sp³-hybridized carbons (Fsp3) is 0.941. The highest BCUT2D eigenvalue weighted by atomic mass is 31.2. The van der Waals surface area contributed by atoms with E-state index in [1.165, 1.54) is 161 Å². The van der Waals surface area contributed by atoms with Gasteiger partial charge in [-0.25, -0.2) is 9.13 Å². The van der Waals surface area contributed by atoms with Gasteiger partial charge in [-0.3, -0.25) is 37.3 Å². The van der Waals surface area contributed by atoms with Crippen LogP contribution in [0.4, 0.5) is 0 Å². The van der Waals surface area contributed by atoms with Crippen LogP contribution >= 0.6 is 15.6 Å². The van der Waals surface area contributed by atoms with Gasteiger partial charge in [-0.1, -0.05) is 292 Å². The minimum Gasteiger partial charge on any atom is -0.462 e. The molecule has 87 heavy (non-hydrogen) atoms. The zero-order valence-corrected chi connectivity index (χ0v) is 58.1. The number of phosphoric acid groups is 2. The Labute approximate surface area is 530 Å². The predicted molar refractivity (Wildman–Crippen MR) is 349 cm³/mol. The molecule has 0 aromatic heterocycles. The van der Waals surface area contributed by atoms with E-state index < -0.39 is 97.5 Å². The molecule has 0 heterocycles. The van der Waals surface area contributed by atoms with Crippen LogP contribution in [0.1, 0.15) is 343 Å². The Hall–Kier alpha value is -1.94. The molecule has 0 radical (unpaired) electrons. The molecule has 516 valence electrons. The number of carbonyl (C=O) groups excluding carboxylic acids is 4. The lowest BCUT2D eigenvalue weighted by Gasteiger charge is -2.21. The molecule has 0 rings (SSSR count). The van der Waals surface area contributed by atoms with Crippen molar-refractivity contribution >= 4 is 39.5 Å². The third-order valence-corrected chi connectivity index (χ3v) is 18.0. The lowest BCUT2D eigenvalue weighted by molar-refractivity contribution is -0.161. The van der Waals surface area contributed by atoms with Gasteiger partial charge in [0.2, 0.25) is 0 Å². The molecule has 0 spiro atoms.